The predicted octanol–water partition coefficient (Wildman–Crippen LogP) is 4.26. The van der Waals surface area contributed by atoms with Crippen LogP contribution in [0.1, 0.15) is 51.6 Å². The summed E-state index contributed by atoms with van der Waals surface area (Å²) in [6, 6.07) is 12.9. The number of carbonyl (C=O) groups excluding carboxylic acids is 3. The molecule has 3 aromatic rings. The van der Waals surface area contributed by atoms with E-state index >= 15 is 0 Å². The first kappa shape index (κ1) is 22.7. The maximum absolute atomic E-state index is 12.4. The molecule has 1 amide bonds. The highest BCUT2D eigenvalue weighted by Gasteiger charge is 2.19. The molecule has 166 valence electrons. The van der Waals surface area contributed by atoms with E-state index < -0.39 is 18.0 Å². The standard InChI is InChI=1S/C24H24N2O6/c1-14-22(16(3)32-26-14)13-30-21-11-7-19(8-12-21)24(29)31-17(4)23(28)25-20-9-5-18(6-10-20)15(2)27/h5-12,17H,13H2,1-4H3,(H,25,28). The fourth-order valence-corrected chi connectivity index (χ4v) is 2.86. The van der Waals surface area contributed by atoms with Gasteiger partial charge in [-0.2, -0.15) is 0 Å². The first-order chi connectivity index (χ1) is 15.2. The molecular weight excluding hydrogens is 412 g/mol. The topological polar surface area (TPSA) is 108 Å². The van der Waals surface area contributed by atoms with Crippen molar-refractivity contribution in [1.82, 2.24) is 5.16 Å². The largest absolute Gasteiger partial charge is 0.489 e. The quantitative estimate of drug-likeness (QED) is 0.415. The van der Waals surface area contributed by atoms with Crippen LogP contribution in [-0.2, 0) is 16.1 Å². The summed E-state index contributed by atoms with van der Waals surface area (Å²) in [5.41, 5.74) is 2.98. The number of aryl methyl sites for hydroxylation is 2. The number of hydrogen-bond donors (Lipinski definition) is 1. The predicted molar refractivity (Wildman–Crippen MR) is 117 cm³/mol. The first-order valence-electron chi connectivity index (χ1n) is 10.0. The molecule has 0 bridgehead atoms. The number of hydrogen-bond acceptors (Lipinski definition) is 7. The van der Waals surface area contributed by atoms with E-state index in [0.717, 1.165) is 11.3 Å². The summed E-state index contributed by atoms with van der Waals surface area (Å²) in [6.45, 7) is 6.91. The third-order valence-electron chi connectivity index (χ3n) is 4.87. The summed E-state index contributed by atoms with van der Waals surface area (Å²) in [5.74, 6) is 0.0987. The molecule has 1 unspecified atom stereocenters. The average Bonchev–Trinajstić information content (AvgIpc) is 3.10. The Labute approximate surface area is 185 Å². The molecule has 3 rings (SSSR count). The highest BCUT2D eigenvalue weighted by molar-refractivity contribution is 5.98. The average molecular weight is 436 g/mol. The summed E-state index contributed by atoms with van der Waals surface area (Å²) < 4.78 is 16.1. The Balaban J connectivity index is 1.53. The van der Waals surface area contributed by atoms with Crippen LogP contribution < -0.4 is 10.1 Å². The second kappa shape index (κ2) is 9.91. The Morgan fingerprint density at radius 3 is 2.19 bits per heavy atom. The van der Waals surface area contributed by atoms with Gasteiger partial charge in [-0.1, -0.05) is 5.16 Å². The number of rotatable bonds is 8. The monoisotopic (exact) mass is 436 g/mol. The molecule has 0 aliphatic rings. The molecule has 0 aliphatic carbocycles. The molecule has 2 aromatic carbocycles. The van der Waals surface area contributed by atoms with Crippen LogP contribution in [0.25, 0.3) is 0 Å². The highest BCUT2D eigenvalue weighted by Crippen LogP contribution is 2.19. The van der Waals surface area contributed by atoms with Gasteiger partial charge in [0.05, 0.1) is 16.8 Å². The molecule has 1 N–H and O–H groups in total. The summed E-state index contributed by atoms with van der Waals surface area (Å²) in [5, 5.41) is 6.53. The summed E-state index contributed by atoms with van der Waals surface area (Å²) in [4.78, 5) is 36.0. The van der Waals surface area contributed by atoms with Crippen LogP contribution in [0.5, 0.6) is 5.75 Å². The number of amides is 1. The Morgan fingerprint density at radius 2 is 1.62 bits per heavy atom. The Morgan fingerprint density at radius 1 is 1.00 bits per heavy atom. The van der Waals surface area contributed by atoms with Gasteiger partial charge in [0, 0.05) is 11.3 Å². The summed E-state index contributed by atoms with van der Waals surface area (Å²) in [7, 11) is 0. The number of nitrogens with one attached hydrogen (secondary N) is 1. The normalized spacial score (nSPS) is 11.5. The van der Waals surface area contributed by atoms with Crippen molar-refractivity contribution in [1.29, 1.82) is 0 Å². The van der Waals surface area contributed by atoms with Gasteiger partial charge in [0.1, 0.15) is 18.1 Å². The number of ether oxygens (including phenoxy) is 2. The van der Waals surface area contributed by atoms with Crippen LogP contribution in [-0.4, -0.2) is 28.9 Å². The van der Waals surface area contributed by atoms with Gasteiger partial charge in [-0.05, 0) is 76.2 Å². The molecule has 0 saturated carbocycles. The summed E-state index contributed by atoms with van der Waals surface area (Å²) >= 11 is 0. The zero-order chi connectivity index (χ0) is 23.3. The Hall–Kier alpha value is -3.94. The van der Waals surface area contributed by atoms with E-state index in [1.165, 1.54) is 13.8 Å². The van der Waals surface area contributed by atoms with E-state index in [9.17, 15) is 14.4 Å². The van der Waals surface area contributed by atoms with Crippen LogP contribution in [0.15, 0.2) is 53.1 Å². The fourth-order valence-electron chi connectivity index (χ4n) is 2.86. The molecule has 0 aliphatic heterocycles. The highest BCUT2D eigenvalue weighted by atomic mass is 16.5. The molecule has 0 saturated heterocycles. The Kier molecular flexibility index (Phi) is 7.04. The lowest BCUT2D eigenvalue weighted by Crippen LogP contribution is -2.30. The third-order valence-corrected chi connectivity index (χ3v) is 4.87. The molecule has 0 radical (unpaired) electrons. The maximum Gasteiger partial charge on any atom is 0.338 e. The second-order valence-corrected chi connectivity index (χ2v) is 7.29. The third kappa shape index (κ3) is 5.60. The van der Waals surface area contributed by atoms with Gasteiger partial charge < -0.3 is 19.3 Å². The zero-order valence-electron chi connectivity index (χ0n) is 18.3. The van der Waals surface area contributed by atoms with Gasteiger partial charge in [0.2, 0.25) is 0 Å². The van der Waals surface area contributed by atoms with Gasteiger partial charge in [-0.25, -0.2) is 4.79 Å². The number of esters is 1. The second-order valence-electron chi connectivity index (χ2n) is 7.29. The van der Waals surface area contributed by atoms with Crippen LogP contribution >= 0.6 is 0 Å². The van der Waals surface area contributed by atoms with Gasteiger partial charge in [-0.3, -0.25) is 9.59 Å². The van der Waals surface area contributed by atoms with Gasteiger partial charge in [0.15, 0.2) is 11.9 Å². The van der Waals surface area contributed by atoms with E-state index in [0.29, 0.717) is 34.9 Å². The molecule has 8 nitrogen and oxygen atoms in total. The SMILES string of the molecule is CC(=O)c1ccc(NC(=O)C(C)OC(=O)c2ccc(OCc3c(C)noc3C)cc2)cc1. The van der Waals surface area contributed by atoms with Crippen molar-refractivity contribution in [2.24, 2.45) is 0 Å². The van der Waals surface area contributed by atoms with E-state index in [1.807, 2.05) is 13.8 Å². The number of aromatic nitrogens is 1. The molecule has 1 aromatic heterocycles. The molecule has 8 heteroatoms. The van der Waals surface area contributed by atoms with E-state index in [2.05, 4.69) is 10.5 Å². The number of nitrogens with zero attached hydrogens (tertiary/aromatic N) is 1. The molecular formula is C24H24N2O6. The molecule has 32 heavy (non-hydrogen) atoms. The van der Waals surface area contributed by atoms with Gasteiger partial charge in [-0.15, -0.1) is 0 Å². The zero-order valence-corrected chi connectivity index (χ0v) is 18.3. The molecule has 0 fully saturated rings. The number of carbonyl (C=O) groups is 3. The fraction of sp³-hybridized carbons (Fsp3) is 0.250. The molecule has 1 heterocycles. The van der Waals surface area contributed by atoms with Crippen molar-refractivity contribution in [3.05, 3.63) is 76.7 Å². The van der Waals surface area contributed by atoms with E-state index in [4.69, 9.17) is 14.0 Å². The lowest BCUT2D eigenvalue weighted by Gasteiger charge is -2.14. The lowest BCUT2D eigenvalue weighted by atomic mass is 10.1. The molecule has 0 spiro atoms. The van der Waals surface area contributed by atoms with Crippen LogP contribution in [0, 0.1) is 13.8 Å². The molecule has 1 atom stereocenters. The van der Waals surface area contributed by atoms with Crippen molar-refractivity contribution < 1.29 is 28.4 Å². The minimum atomic E-state index is -1.01. The van der Waals surface area contributed by atoms with Crippen molar-refractivity contribution in [2.75, 3.05) is 5.32 Å². The van der Waals surface area contributed by atoms with Crippen LogP contribution in [0.4, 0.5) is 5.69 Å². The maximum atomic E-state index is 12.4. The van der Waals surface area contributed by atoms with E-state index in [1.54, 1.807) is 48.5 Å². The minimum absolute atomic E-state index is 0.0645. The van der Waals surface area contributed by atoms with E-state index in [-0.39, 0.29) is 5.78 Å². The van der Waals surface area contributed by atoms with Gasteiger partial charge in [0.25, 0.3) is 5.91 Å². The Bertz CT molecular complexity index is 1100. The van der Waals surface area contributed by atoms with Gasteiger partial charge >= 0.3 is 5.97 Å². The van der Waals surface area contributed by atoms with Crippen LogP contribution in [0.2, 0.25) is 0 Å². The van der Waals surface area contributed by atoms with Crippen molar-refractivity contribution in [3.8, 4) is 5.75 Å². The number of Topliss-reactive ketones (excluding diaryl/α,β-unsaturated/α-hetero) is 1. The van der Waals surface area contributed by atoms with Crippen LogP contribution in [0.3, 0.4) is 0 Å². The van der Waals surface area contributed by atoms with Crippen molar-refractivity contribution in [3.63, 3.8) is 0 Å². The number of benzene rings is 2. The smallest absolute Gasteiger partial charge is 0.338 e. The first-order valence-corrected chi connectivity index (χ1v) is 10.0. The van der Waals surface area contributed by atoms with Crippen molar-refractivity contribution >= 4 is 23.3 Å². The van der Waals surface area contributed by atoms with Crippen molar-refractivity contribution in [2.45, 2.75) is 40.4 Å². The number of ketones is 1. The number of anilines is 1. The lowest BCUT2D eigenvalue weighted by molar-refractivity contribution is -0.123. The minimum Gasteiger partial charge on any atom is -0.489 e. The summed E-state index contributed by atoms with van der Waals surface area (Å²) in [6.07, 6.45) is -1.01.